The summed E-state index contributed by atoms with van der Waals surface area (Å²) < 4.78 is 1.49. The molecule has 0 heterocycles. The van der Waals surface area contributed by atoms with E-state index in [0.717, 1.165) is 6.42 Å². The van der Waals surface area contributed by atoms with Crippen LogP contribution in [-0.4, -0.2) is 17.6 Å². The molecule has 2 atom stereocenters. The molecule has 0 aromatic rings. The molecule has 0 saturated carbocycles. The van der Waals surface area contributed by atoms with Crippen LogP contribution in [0.3, 0.4) is 0 Å². The zero-order valence-electron chi connectivity index (χ0n) is 5.56. The lowest BCUT2D eigenvalue weighted by molar-refractivity contribution is 0.275. The maximum atomic E-state index is 9.10. The molecule has 0 rings (SSSR count). The van der Waals surface area contributed by atoms with Gasteiger partial charge in [-0.05, 0) is 17.3 Å². The molecule has 0 saturated heterocycles. The van der Waals surface area contributed by atoms with E-state index in [4.69, 9.17) is 5.11 Å². The predicted octanol–water partition coefficient (Wildman–Crippen LogP) is 3.15. The average molecular weight is 480 g/mol. The van der Waals surface area contributed by atoms with E-state index in [1.165, 1.54) is 17.3 Å². The molecule has 0 aliphatic carbocycles. The van der Waals surface area contributed by atoms with E-state index in [0.29, 0.717) is 3.92 Å². The van der Waals surface area contributed by atoms with Gasteiger partial charge in [0.05, 0.1) is 0 Å². The van der Waals surface area contributed by atoms with E-state index in [-0.39, 0.29) is 4.11 Å². The zero-order valence-corrected chi connectivity index (χ0v) is 12.0. The van der Waals surface area contributed by atoms with Crippen LogP contribution in [0.1, 0.15) is 19.3 Å². The second-order valence-electron chi connectivity index (χ2n) is 2.07. The van der Waals surface area contributed by atoms with Crippen molar-refractivity contribution in [2.45, 2.75) is 27.3 Å². The monoisotopic (exact) mass is 480 g/mol. The Morgan fingerprint density at radius 2 is 1.80 bits per heavy atom. The summed E-state index contributed by atoms with van der Waals surface area (Å²) in [6, 6.07) is 0. The van der Waals surface area contributed by atoms with Crippen LogP contribution in [0, 0.1) is 0 Å². The number of hydrogen-bond acceptors (Lipinski definition) is 1. The first kappa shape index (κ1) is 12.2. The Hall–Kier alpha value is 2.15. The smallest absolute Gasteiger partial charge is 0.117 e. The quantitative estimate of drug-likeness (QED) is 0.365. The second-order valence-corrected chi connectivity index (χ2v) is 6.03. The third-order valence-corrected chi connectivity index (χ3v) is 5.47. The van der Waals surface area contributed by atoms with Crippen molar-refractivity contribution >= 4 is 67.8 Å². The van der Waals surface area contributed by atoms with Crippen molar-refractivity contribution in [2.75, 3.05) is 4.43 Å². The van der Waals surface area contributed by atoms with E-state index in [1.807, 2.05) is 0 Å². The predicted molar refractivity (Wildman–Crippen MR) is 70.6 cm³/mol. The number of aliphatic hydroxyl groups excluding tert-OH is 1. The molecule has 1 N–H and O–H groups in total. The first-order valence-electron chi connectivity index (χ1n) is 3.20. The van der Waals surface area contributed by atoms with Crippen molar-refractivity contribution in [1.82, 2.24) is 0 Å². The van der Waals surface area contributed by atoms with Gasteiger partial charge in [0.1, 0.15) is 4.11 Å². The van der Waals surface area contributed by atoms with Crippen LogP contribution >= 0.6 is 67.8 Å². The fraction of sp³-hybridized carbons (Fsp3) is 1.00. The molecule has 2 unspecified atom stereocenters. The Balaban J connectivity index is 3.13. The Morgan fingerprint density at radius 3 is 2.20 bits per heavy atom. The first-order chi connectivity index (χ1) is 4.68. The SMILES string of the molecule is OC(I)C(I)CCCCI. The molecule has 0 aliphatic rings. The fourth-order valence-corrected chi connectivity index (χ4v) is 1.91. The molecule has 0 aromatic carbocycles. The van der Waals surface area contributed by atoms with Crippen molar-refractivity contribution in [3.8, 4) is 0 Å². The molecule has 0 fully saturated rings. The lowest BCUT2D eigenvalue weighted by Crippen LogP contribution is -2.11. The summed E-state index contributed by atoms with van der Waals surface area (Å²) >= 11 is 6.76. The molecule has 1 nitrogen and oxygen atoms in total. The number of alkyl halides is 3. The Labute approximate surface area is 103 Å². The minimum Gasteiger partial charge on any atom is -0.382 e. The van der Waals surface area contributed by atoms with Gasteiger partial charge in [-0.15, -0.1) is 0 Å². The zero-order chi connectivity index (χ0) is 7.98. The first-order valence-corrected chi connectivity index (χ1v) is 7.22. The maximum Gasteiger partial charge on any atom is 0.117 e. The summed E-state index contributed by atoms with van der Waals surface area (Å²) in [5.74, 6) is 0. The molecule has 0 aromatic heterocycles. The van der Waals surface area contributed by atoms with E-state index >= 15 is 0 Å². The number of unbranched alkanes of at least 4 members (excludes halogenated alkanes) is 1. The highest BCUT2D eigenvalue weighted by molar-refractivity contribution is 14.1. The number of halogens is 3. The van der Waals surface area contributed by atoms with Crippen molar-refractivity contribution < 1.29 is 5.11 Å². The van der Waals surface area contributed by atoms with Gasteiger partial charge in [-0.25, -0.2) is 0 Å². The maximum absolute atomic E-state index is 9.10. The second kappa shape index (κ2) is 7.78. The Morgan fingerprint density at radius 1 is 1.20 bits per heavy atom. The molecule has 0 radical (unpaired) electrons. The lowest BCUT2D eigenvalue weighted by Gasteiger charge is -2.09. The molecule has 0 spiro atoms. The Bertz CT molecular complexity index is 77.4. The summed E-state index contributed by atoms with van der Waals surface area (Å²) in [5, 5.41) is 9.10. The van der Waals surface area contributed by atoms with Gasteiger partial charge < -0.3 is 5.11 Å². The number of hydrogen-bond donors (Lipinski definition) is 1. The van der Waals surface area contributed by atoms with Crippen LogP contribution in [0.5, 0.6) is 0 Å². The van der Waals surface area contributed by atoms with Crippen molar-refractivity contribution in [1.29, 1.82) is 0 Å². The highest BCUT2D eigenvalue weighted by Gasteiger charge is 2.10. The van der Waals surface area contributed by atoms with Crippen LogP contribution in [0.2, 0.25) is 0 Å². The molecular formula is C6H11I3O. The van der Waals surface area contributed by atoms with E-state index < -0.39 is 0 Å². The highest BCUT2D eigenvalue weighted by atomic mass is 127. The lowest BCUT2D eigenvalue weighted by atomic mass is 10.2. The summed E-state index contributed by atoms with van der Waals surface area (Å²) in [7, 11) is 0. The van der Waals surface area contributed by atoms with Gasteiger partial charge in [0.25, 0.3) is 0 Å². The van der Waals surface area contributed by atoms with Crippen molar-refractivity contribution in [3.63, 3.8) is 0 Å². The Kier molecular flexibility index (Phi) is 9.45. The van der Waals surface area contributed by atoms with Gasteiger partial charge >= 0.3 is 0 Å². The van der Waals surface area contributed by atoms with Gasteiger partial charge in [0.2, 0.25) is 0 Å². The summed E-state index contributed by atoms with van der Waals surface area (Å²) in [6.07, 6.45) is 3.67. The molecule has 0 bridgehead atoms. The van der Waals surface area contributed by atoms with Crippen LogP contribution in [0.15, 0.2) is 0 Å². The minimum absolute atomic E-state index is 0.174. The van der Waals surface area contributed by atoms with Gasteiger partial charge in [-0.1, -0.05) is 74.2 Å². The number of aliphatic hydroxyl groups is 1. The normalized spacial score (nSPS) is 16.8. The summed E-state index contributed by atoms with van der Waals surface area (Å²) in [6.45, 7) is 0. The molecule has 4 heteroatoms. The topological polar surface area (TPSA) is 20.2 Å². The largest absolute Gasteiger partial charge is 0.382 e. The van der Waals surface area contributed by atoms with Crippen LogP contribution < -0.4 is 0 Å². The van der Waals surface area contributed by atoms with Gasteiger partial charge in [0.15, 0.2) is 0 Å². The van der Waals surface area contributed by atoms with Gasteiger partial charge in [0, 0.05) is 3.92 Å². The molecule has 0 amide bonds. The average Bonchev–Trinajstić information content (AvgIpc) is 1.88. The minimum atomic E-state index is -0.174. The third-order valence-electron chi connectivity index (χ3n) is 1.16. The highest BCUT2D eigenvalue weighted by Crippen LogP contribution is 2.18. The van der Waals surface area contributed by atoms with Crippen LogP contribution in [0.25, 0.3) is 0 Å². The number of rotatable bonds is 5. The van der Waals surface area contributed by atoms with Crippen molar-refractivity contribution in [2.24, 2.45) is 0 Å². The standard InChI is InChI=1S/C6H11I3O/c7-4-2-1-3-5(8)6(9)10/h5-6,10H,1-4H2. The summed E-state index contributed by atoms with van der Waals surface area (Å²) in [5.41, 5.74) is 0. The van der Waals surface area contributed by atoms with E-state index in [2.05, 4.69) is 67.8 Å². The fourth-order valence-electron chi connectivity index (χ4n) is 0.571. The van der Waals surface area contributed by atoms with E-state index in [9.17, 15) is 0 Å². The molecule has 62 valence electrons. The molecule has 10 heavy (non-hydrogen) atoms. The van der Waals surface area contributed by atoms with Crippen molar-refractivity contribution in [3.05, 3.63) is 0 Å². The van der Waals surface area contributed by atoms with Crippen LogP contribution in [-0.2, 0) is 0 Å². The molecular weight excluding hydrogens is 469 g/mol. The van der Waals surface area contributed by atoms with Crippen LogP contribution in [0.4, 0.5) is 0 Å². The summed E-state index contributed by atoms with van der Waals surface area (Å²) in [4.78, 5) is 0. The van der Waals surface area contributed by atoms with Gasteiger partial charge in [-0.3, -0.25) is 0 Å². The van der Waals surface area contributed by atoms with Gasteiger partial charge in [-0.2, -0.15) is 0 Å². The van der Waals surface area contributed by atoms with E-state index in [1.54, 1.807) is 0 Å². The molecule has 0 aliphatic heterocycles. The third kappa shape index (κ3) is 6.84.